The summed E-state index contributed by atoms with van der Waals surface area (Å²) in [5.41, 5.74) is 2.03. The molecule has 9 heteroatoms. The highest BCUT2D eigenvalue weighted by Crippen LogP contribution is 2.37. The molecule has 0 saturated carbocycles. The van der Waals surface area contributed by atoms with Crippen LogP contribution < -0.4 is 23.7 Å². The van der Waals surface area contributed by atoms with E-state index in [-0.39, 0.29) is 6.54 Å². The molecule has 0 fully saturated rings. The second-order valence-corrected chi connectivity index (χ2v) is 7.38. The lowest BCUT2D eigenvalue weighted by atomic mass is 10.1. The van der Waals surface area contributed by atoms with Crippen molar-refractivity contribution in [1.29, 1.82) is 0 Å². The summed E-state index contributed by atoms with van der Waals surface area (Å²) in [7, 11) is -0.349. The van der Waals surface area contributed by atoms with E-state index in [9.17, 15) is 8.42 Å². The monoisotopic (exact) mass is 387 g/mol. The summed E-state index contributed by atoms with van der Waals surface area (Å²) < 4.78 is 44.7. The van der Waals surface area contributed by atoms with Crippen molar-refractivity contribution in [1.82, 2.24) is 9.71 Å². The van der Waals surface area contributed by atoms with E-state index in [1.165, 1.54) is 0 Å². The minimum absolute atomic E-state index is 0.198. The Bertz CT molecular complexity index is 1130. The number of fused-ring (bicyclic) bond motifs is 2. The number of ether oxygens (including phenoxy) is 3. The maximum Gasteiger partial charge on any atom is 0.299 e. The summed E-state index contributed by atoms with van der Waals surface area (Å²) >= 11 is 0. The van der Waals surface area contributed by atoms with Crippen molar-refractivity contribution in [2.45, 2.75) is 6.54 Å². The molecular formula is C18H17N3O5S. The van der Waals surface area contributed by atoms with Crippen LogP contribution in [-0.2, 0) is 16.8 Å². The molecule has 2 heterocycles. The first kappa shape index (κ1) is 17.4. The van der Waals surface area contributed by atoms with Crippen LogP contribution in [0, 0.1) is 0 Å². The quantitative estimate of drug-likeness (QED) is 0.714. The molecule has 0 aliphatic carbocycles. The van der Waals surface area contributed by atoms with Crippen LogP contribution in [-0.4, -0.2) is 27.6 Å². The first-order valence-corrected chi connectivity index (χ1v) is 9.56. The fraction of sp³-hybridized carbons (Fsp3) is 0.167. The van der Waals surface area contributed by atoms with Gasteiger partial charge in [-0.2, -0.15) is 13.1 Å². The van der Waals surface area contributed by atoms with Gasteiger partial charge in [-0.3, -0.25) is 9.71 Å². The minimum Gasteiger partial charge on any atom is -0.493 e. The lowest BCUT2D eigenvalue weighted by molar-refractivity contribution is 0.355. The van der Waals surface area contributed by atoms with Crippen molar-refractivity contribution in [3.8, 4) is 23.0 Å². The summed E-state index contributed by atoms with van der Waals surface area (Å²) in [6.07, 6.45) is 1.65. The van der Waals surface area contributed by atoms with Gasteiger partial charge in [0.05, 0.1) is 25.4 Å². The minimum atomic E-state index is -3.49. The van der Waals surface area contributed by atoms with Crippen molar-refractivity contribution >= 4 is 26.8 Å². The molecule has 27 heavy (non-hydrogen) atoms. The average Bonchev–Trinajstić information content (AvgIpc) is 2.66. The number of rotatable bonds is 4. The van der Waals surface area contributed by atoms with Gasteiger partial charge < -0.3 is 14.2 Å². The smallest absolute Gasteiger partial charge is 0.299 e. The summed E-state index contributed by atoms with van der Waals surface area (Å²) in [5.74, 6) is 2.35. The second-order valence-electron chi connectivity index (χ2n) is 5.88. The molecular weight excluding hydrogens is 370 g/mol. The Kier molecular flexibility index (Phi) is 4.25. The molecule has 1 aliphatic rings. The first-order valence-electron chi connectivity index (χ1n) is 8.08. The van der Waals surface area contributed by atoms with Gasteiger partial charge in [-0.05, 0) is 35.9 Å². The van der Waals surface area contributed by atoms with Crippen LogP contribution in [0.3, 0.4) is 0 Å². The zero-order chi connectivity index (χ0) is 19.0. The third-order valence-electron chi connectivity index (χ3n) is 4.21. The topological polar surface area (TPSA) is 98.8 Å². The molecule has 0 bridgehead atoms. The molecule has 1 aliphatic heterocycles. The van der Waals surface area contributed by atoms with Crippen LogP contribution in [0.15, 0.2) is 42.6 Å². The Balaban J connectivity index is 1.72. The number of benzene rings is 2. The molecule has 0 atom stereocenters. The molecule has 3 aromatic rings. The van der Waals surface area contributed by atoms with E-state index in [4.69, 9.17) is 14.2 Å². The highest BCUT2D eigenvalue weighted by Gasteiger charge is 2.20. The zero-order valence-corrected chi connectivity index (χ0v) is 15.5. The second kappa shape index (κ2) is 6.60. The van der Waals surface area contributed by atoms with Crippen molar-refractivity contribution < 1.29 is 22.6 Å². The van der Waals surface area contributed by atoms with Gasteiger partial charge in [0.15, 0.2) is 11.5 Å². The Hall–Kier alpha value is -3.04. The van der Waals surface area contributed by atoms with Gasteiger partial charge in [0, 0.05) is 24.2 Å². The third-order valence-corrected chi connectivity index (χ3v) is 5.22. The fourth-order valence-electron chi connectivity index (χ4n) is 2.90. The number of anilines is 1. The van der Waals surface area contributed by atoms with E-state index in [1.807, 2.05) is 6.07 Å². The zero-order valence-electron chi connectivity index (χ0n) is 14.6. The predicted molar refractivity (Wildman–Crippen MR) is 101 cm³/mol. The van der Waals surface area contributed by atoms with Gasteiger partial charge >= 0.3 is 0 Å². The molecule has 8 nitrogen and oxygen atoms in total. The van der Waals surface area contributed by atoms with Crippen molar-refractivity contribution in [2.75, 3.05) is 18.9 Å². The normalized spacial score (nSPS) is 14.9. The molecule has 4 rings (SSSR count). The number of methoxy groups -OCH3 is 2. The van der Waals surface area contributed by atoms with Gasteiger partial charge in [-0.25, -0.2) is 0 Å². The maximum atomic E-state index is 11.6. The molecule has 140 valence electrons. The van der Waals surface area contributed by atoms with E-state index < -0.39 is 10.2 Å². The van der Waals surface area contributed by atoms with Crippen LogP contribution in [0.1, 0.15) is 5.56 Å². The maximum absolute atomic E-state index is 11.6. The Morgan fingerprint density at radius 3 is 2.56 bits per heavy atom. The van der Waals surface area contributed by atoms with Crippen molar-refractivity contribution in [3.63, 3.8) is 0 Å². The van der Waals surface area contributed by atoms with E-state index >= 15 is 0 Å². The Morgan fingerprint density at radius 1 is 1.00 bits per heavy atom. The van der Waals surface area contributed by atoms with Gasteiger partial charge in [0.1, 0.15) is 11.5 Å². The lowest BCUT2D eigenvalue weighted by Crippen LogP contribution is -2.34. The Morgan fingerprint density at radius 2 is 1.78 bits per heavy atom. The van der Waals surface area contributed by atoms with Crippen LogP contribution in [0.4, 0.5) is 5.69 Å². The highest BCUT2D eigenvalue weighted by atomic mass is 32.2. The number of pyridine rings is 1. The summed E-state index contributed by atoms with van der Waals surface area (Å²) in [4.78, 5) is 4.35. The Labute approximate surface area is 156 Å². The SMILES string of the molecule is COc1cc2nccc(Oc3ccc4c(c3)CNS(=O)(=O)N4)c2cc1OC. The summed E-state index contributed by atoms with van der Waals surface area (Å²) in [6, 6.07) is 10.5. The third kappa shape index (κ3) is 3.34. The van der Waals surface area contributed by atoms with E-state index in [0.29, 0.717) is 34.2 Å². The molecule has 1 aromatic heterocycles. The van der Waals surface area contributed by atoms with Crippen LogP contribution in [0.2, 0.25) is 0 Å². The van der Waals surface area contributed by atoms with Gasteiger partial charge in [-0.15, -0.1) is 0 Å². The highest BCUT2D eigenvalue weighted by molar-refractivity contribution is 7.90. The molecule has 0 radical (unpaired) electrons. The van der Waals surface area contributed by atoms with Crippen LogP contribution in [0.25, 0.3) is 10.9 Å². The number of hydrogen-bond acceptors (Lipinski definition) is 6. The molecule has 2 aromatic carbocycles. The number of aromatic nitrogens is 1. The van der Waals surface area contributed by atoms with Crippen LogP contribution in [0.5, 0.6) is 23.0 Å². The van der Waals surface area contributed by atoms with Gasteiger partial charge in [0.2, 0.25) is 0 Å². The number of nitrogens with one attached hydrogen (secondary N) is 2. The molecule has 0 unspecified atom stereocenters. The predicted octanol–water partition coefficient (Wildman–Crippen LogP) is 2.80. The van der Waals surface area contributed by atoms with Gasteiger partial charge in [-0.1, -0.05) is 0 Å². The molecule has 0 saturated heterocycles. The van der Waals surface area contributed by atoms with E-state index in [2.05, 4.69) is 14.4 Å². The molecule has 0 amide bonds. The van der Waals surface area contributed by atoms with Gasteiger partial charge in [0.25, 0.3) is 10.2 Å². The lowest BCUT2D eigenvalue weighted by Gasteiger charge is -2.20. The van der Waals surface area contributed by atoms with Crippen molar-refractivity contribution in [2.24, 2.45) is 0 Å². The summed E-state index contributed by atoms with van der Waals surface area (Å²) in [6.45, 7) is 0.198. The standard InChI is InChI=1S/C18H17N3O5S/c1-24-17-8-13-15(9-18(17)25-2)19-6-5-16(13)26-12-3-4-14-11(7-12)10-20-27(22,23)21-14/h3-9,20-21H,10H2,1-2H3. The van der Waals surface area contributed by atoms with Crippen molar-refractivity contribution in [3.05, 3.63) is 48.2 Å². The molecule has 0 spiro atoms. The summed E-state index contributed by atoms with van der Waals surface area (Å²) in [5, 5.41) is 0.770. The number of nitrogens with zero attached hydrogens (tertiary/aromatic N) is 1. The fourth-order valence-corrected chi connectivity index (χ4v) is 3.80. The number of hydrogen-bond donors (Lipinski definition) is 2. The first-order chi connectivity index (χ1) is 13.0. The largest absolute Gasteiger partial charge is 0.493 e. The van der Waals surface area contributed by atoms with E-state index in [1.54, 1.807) is 50.7 Å². The van der Waals surface area contributed by atoms with Crippen LogP contribution >= 0.6 is 0 Å². The van der Waals surface area contributed by atoms with E-state index in [0.717, 1.165) is 10.9 Å². The average molecular weight is 387 g/mol. The molecule has 2 N–H and O–H groups in total.